The number of thioether (sulfide) groups is 1. The molecule has 1 saturated heterocycles. The number of rotatable bonds is 10. The first-order valence-corrected chi connectivity index (χ1v) is 15.6. The van der Waals surface area contributed by atoms with E-state index in [0.717, 1.165) is 33.4 Å². The number of carbonyl (C=O) groups excluding carboxylic acids is 1. The van der Waals surface area contributed by atoms with Crippen molar-refractivity contribution in [3.05, 3.63) is 149 Å². The number of hydrogen-bond donors (Lipinski definition) is 2. The molecular weight excluding hydrogens is 570 g/mol. The Hall–Kier alpha value is -4.34. The number of ether oxygens (including phenoxy) is 2. The fraction of sp³-hybridized carbons (Fsp3) is 0.194. The van der Waals surface area contributed by atoms with Gasteiger partial charge in [0.25, 0.3) is 5.91 Å². The second-order valence-corrected chi connectivity index (χ2v) is 11.6. The maximum atomic E-state index is 12.5. The smallest absolute Gasteiger partial charge is 0.251 e. The SMILES string of the molecule is O=C(NCc1cccc(-c2cccc(C3OC(CSc4ncccn4)CC(c4ccc(CO)cc4)O3)c2)c1)c1ccccc1. The molecule has 0 saturated carbocycles. The number of carbonyl (C=O) groups is 1. The van der Waals surface area contributed by atoms with Crippen LogP contribution in [0.2, 0.25) is 0 Å². The number of aliphatic hydroxyl groups excluding tert-OH is 1. The van der Waals surface area contributed by atoms with E-state index in [0.29, 0.717) is 29.4 Å². The van der Waals surface area contributed by atoms with E-state index in [1.54, 1.807) is 42.4 Å². The van der Waals surface area contributed by atoms with E-state index in [-0.39, 0.29) is 24.7 Å². The summed E-state index contributed by atoms with van der Waals surface area (Å²) in [6, 6.07) is 35.3. The summed E-state index contributed by atoms with van der Waals surface area (Å²) in [5.41, 5.74) is 6.55. The lowest BCUT2D eigenvalue weighted by atomic mass is 9.99. The van der Waals surface area contributed by atoms with Gasteiger partial charge in [-0.1, -0.05) is 90.6 Å². The Morgan fingerprint density at radius 2 is 1.55 bits per heavy atom. The van der Waals surface area contributed by atoms with Crippen LogP contribution >= 0.6 is 11.8 Å². The lowest BCUT2D eigenvalue weighted by Gasteiger charge is -2.36. The quantitative estimate of drug-likeness (QED) is 0.132. The lowest BCUT2D eigenvalue weighted by molar-refractivity contribution is -0.245. The highest BCUT2D eigenvalue weighted by molar-refractivity contribution is 7.99. The monoisotopic (exact) mass is 603 g/mol. The normalized spacial score (nSPS) is 18.1. The topological polar surface area (TPSA) is 93.6 Å². The molecule has 222 valence electrons. The van der Waals surface area contributed by atoms with Crippen molar-refractivity contribution in [2.24, 2.45) is 0 Å². The number of benzene rings is 4. The summed E-state index contributed by atoms with van der Waals surface area (Å²) in [6.45, 7) is 0.429. The molecule has 5 aromatic rings. The average molecular weight is 604 g/mol. The maximum Gasteiger partial charge on any atom is 0.251 e. The van der Waals surface area contributed by atoms with E-state index in [1.165, 1.54) is 0 Å². The van der Waals surface area contributed by atoms with Crippen molar-refractivity contribution < 1.29 is 19.4 Å². The molecule has 8 heteroatoms. The molecule has 1 aliphatic heterocycles. The van der Waals surface area contributed by atoms with Crippen molar-refractivity contribution in [3.63, 3.8) is 0 Å². The Bertz CT molecular complexity index is 1670. The Morgan fingerprint density at radius 3 is 2.32 bits per heavy atom. The number of aliphatic hydroxyl groups is 1. The molecule has 6 rings (SSSR count). The van der Waals surface area contributed by atoms with Crippen molar-refractivity contribution in [2.45, 2.75) is 43.2 Å². The Balaban J connectivity index is 1.20. The van der Waals surface area contributed by atoms with Gasteiger partial charge < -0.3 is 19.9 Å². The van der Waals surface area contributed by atoms with E-state index >= 15 is 0 Å². The molecule has 2 heterocycles. The molecular formula is C36H33N3O4S. The molecule has 4 aromatic carbocycles. The van der Waals surface area contributed by atoms with E-state index in [1.807, 2.05) is 66.7 Å². The lowest BCUT2D eigenvalue weighted by Crippen LogP contribution is -2.31. The fourth-order valence-electron chi connectivity index (χ4n) is 5.15. The second kappa shape index (κ2) is 14.4. The highest BCUT2D eigenvalue weighted by Crippen LogP contribution is 2.40. The summed E-state index contributed by atoms with van der Waals surface area (Å²) in [5, 5.41) is 13.2. The van der Waals surface area contributed by atoms with Crippen molar-refractivity contribution >= 4 is 17.7 Å². The fourth-order valence-corrected chi connectivity index (χ4v) is 5.97. The first kappa shape index (κ1) is 29.7. The van der Waals surface area contributed by atoms with Crippen molar-refractivity contribution in [3.8, 4) is 11.1 Å². The van der Waals surface area contributed by atoms with Crippen LogP contribution in [0, 0.1) is 0 Å². The number of hydrogen-bond acceptors (Lipinski definition) is 7. The van der Waals surface area contributed by atoms with E-state index in [9.17, 15) is 9.90 Å². The zero-order valence-corrected chi connectivity index (χ0v) is 24.9. The first-order chi connectivity index (χ1) is 21.6. The van der Waals surface area contributed by atoms with Crippen molar-refractivity contribution in [2.75, 3.05) is 5.75 Å². The molecule has 0 bridgehead atoms. The molecule has 3 atom stereocenters. The minimum atomic E-state index is -0.568. The van der Waals surface area contributed by atoms with Gasteiger partial charge in [0.05, 0.1) is 18.8 Å². The Kier molecular flexibility index (Phi) is 9.74. The Morgan fingerprint density at radius 1 is 0.795 bits per heavy atom. The summed E-state index contributed by atoms with van der Waals surface area (Å²) in [7, 11) is 0. The predicted octanol–water partition coefficient (Wildman–Crippen LogP) is 6.90. The van der Waals surface area contributed by atoms with Crippen LogP contribution in [0.4, 0.5) is 0 Å². The third kappa shape index (κ3) is 7.59. The third-order valence-corrected chi connectivity index (χ3v) is 8.47. The zero-order valence-electron chi connectivity index (χ0n) is 24.1. The molecule has 1 amide bonds. The van der Waals surface area contributed by atoms with Gasteiger partial charge in [-0.15, -0.1) is 0 Å². The van der Waals surface area contributed by atoms with Gasteiger partial charge in [0.15, 0.2) is 11.4 Å². The van der Waals surface area contributed by atoms with Gasteiger partial charge in [0.2, 0.25) is 0 Å². The number of nitrogens with zero attached hydrogens (tertiary/aromatic N) is 2. The van der Waals surface area contributed by atoms with Gasteiger partial charge in [-0.05, 0) is 58.1 Å². The number of amides is 1. The van der Waals surface area contributed by atoms with Gasteiger partial charge in [-0.25, -0.2) is 9.97 Å². The van der Waals surface area contributed by atoms with E-state index in [4.69, 9.17) is 9.47 Å². The van der Waals surface area contributed by atoms with Gasteiger partial charge in [-0.3, -0.25) is 4.79 Å². The molecule has 0 radical (unpaired) electrons. The highest BCUT2D eigenvalue weighted by atomic mass is 32.2. The van der Waals surface area contributed by atoms with Crippen LogP contribution in [0.15, 0.2) is 127 Å². The van der Waals surface area contributed by atoms with Gasteiger partial charge >= 0.3 is 0 Å². The van der Waals surface area contributed by atoms with Crippen LogP contribution in [-0.4, -0.2) is 32.8 Å². The Labute approximate surface area is 261 Å². The molecule has 1 aromatic heterocycles. The summed E-state index contributed by atoms with van der Waals surface area (Å²) in [6.07, 6.45) is 3.33. The van der Waals surface area contributed by atoms with E-state index < -0.39 is 6.29 Å². The van der Waals surface area contributed by atoms with E-state index in [2.05, 4.69) is 39.6 Å². The highest BCUT2D eigenvalue weighted by Gasteiger charge is 2.32. The molecule has 7 nitrogen and oxygen atoms in total. The van der Waals surface area contributed by atoms with Crippen LogP contribution in [0.3, 0.4) is 0 Å². The molecule has 2 N–H and O–H groups in total. The minimum Gasteiger partial charge on any atom is -0.392 e. The molecule has 1 fully saturated rings. The molecule has 0 spiro atoms. The van der Waals surface area contributed by atoms with Crippen LogP contribution in [0.25, 0.3) is 11.1 Å². The molecule has 1 aliphatic rings. The minimum absolute atomic E-state index is 0.00126. The molecule has 44 heavy (non-hydrogen) atoms. The predicted molar refractivity (Wildman–Crippen MR) is 171 cm³/mol. The molecule has 3 unspecified atom stereocenters. The molecule has 0 aliphatic carbocycles. The number of nitrogens with one attached hydrogen (secondary N) is 1. The second-order valence-electron chi connectivity index (χ2n) is 10.6. The van der Waals surface area contributed by atoms with Crippen LogP contribution in [-0.2, 0) is 22.6 Å². The van der Waals surface area contributed by atoms with Gasteiger partial charge in [-0.2, -0.15) is 0 Å². The van der Waals surface area contributed by atoms with Crippen molar-refractivity contribution in [1.29, 1.82) is 0 Å². The number of aromatic nitrogens is 2. The van der Waals surface area contributed by atoms with Crippen molar-refractivity contribution in [1.82, 2.24) is 15.3 Å². The summed E-state index contributed by atoms with van der Waals surface area (Å²) >= 11 is 1.57. The van der Waals surface area contributed by atoms with Crippen LogP contribution in [0.5, 0.6) is 0 Å². The van der Waals surface area contributed by atoms with Crippen LogP contribution in [0.1, 0.15) is 51.4 Å². The average Bonchev–Trinajstić information content (AvgIpc) is 3.10. The zero-order chi connectivity index (χ0) is 30.1. The maximum absolute atomic E-state index is 12.5. The summed E-state index contributed by atoms with van der Waals surface area (Å²) < 4.78 is 13.1. The third-order valence-electron chi connectivity index (χ3n) is 7.46. The van der Waals surface area contributed by atoms with Gasteiger partial charge in [0.1, 0.15) is 0 Å². The standard InChI is InChI=1S/C36H33N3O4S/c40-23-25-13-15-27(16-14-25)33-21-32(24-44-36-37-17-6-18-38-36)42-35(43-33)31-12-5-11-30(20-31)29-10-4-7-26(19-29)22-39-34(41)28-8-2-1-3-9-28/h1-20,32-33,35,40H,21-24H2,(H,39,41). The first-order valence-electron chi connectivity index (χ1n) is 14.6. The van der Waals surface area contributed by atoms with Gasteiger partial charge in [0, 0.05) is 42.2 Å². The largest absolute Gasteiger partial charge is 0.392 e. The summed E-state index contributed by atoms with van der Waals surface area (Å²) in [4.78, 5) is 21.2. The summed E-state index contributed by atoms with van der Waals surface area (Å²) in [5.74, 6) is 0.586. The van der Waals surface area contributed by atoms with Crippen LogP contribution < -0.4 is 5.32 Å².